The highest BCUT2D eigenvalue weighted by atomic mass is 19.4. The van der Waals surface area contributed by atoms with E-state index in [9.17, 15) is 18.0 Å². The van der Waals surface area contributed by atoms with E-state index in [2.05, 4.69) is 36.2 Å². The third kappa shape index (κ3) is 6.86. The Bertz CT molecular complexity index is 1020. The molecule has 7 heteroatoms. The lowest BCUT2D eigenvalue weighted by Gasteiger charge is -2.39. The number of likely N-dealkylation sites (tertiary alicyclic amines) is 2. The van der Waals surface area contributed by atoms with E-state index >= 15 is 0 Å². The zero-order chi connectivity index (χ0) is 26.6. The maximum Gasteiger partial charge on any atom is 0.395 e. The summed E-state index contributed by atoms with van der Waals surface area (Å²) in [5, 5.41) is 0. The van der Waals surface area contributed by atoms with Crippen LogP contribution in [0.5, 0.6) is 0 Å². The molecule has 2 saturated heterocycles. The van der Waals surface area contributed by atoms with Gasteiger partial charge in [0.05, 0.1) is 5.41 Å². The standard InChI is InChI=1S/C30H40F3N3O/c1-29(2,30(31,32)33)22-35-19-15-23(16-20-35)21-34(3)27-13-11-25(12-14-27)24-7-9-26(10-8-24)28(37)36-17-5-4-6-18-36/h7-14,23H,4-6,15-22H2,1-3H3. The molecule has 0 N–H and O–H groups in total. The van der Waals surface area contributed by atoms with Crippen LogP contribution in [0.4, 0.5) is 18.9 Å². The summed E-state index contributed by atoms with van der Waals surface area (Å²) < 4.78 is 39.7. The van der Waals surface area contributed by atoms with E-state index in [0.29, 0.717) is 19.0 Å². The molecule has 37 heavy (non-hydrogen) atoms. The Balaban J connectivity index is 1.28. The maximum absolute atomic E-state index is 13.2. The lowest BCUT2D eigenvalue weighted by Crippen LogP contribution is -2.47. The SMILES string of the molecule is CN(CC1CCN(CC(C)(C)C(F)(F)F)CC1)c1ccc(-c2ccc(C(=O)N3CCCCC3)cc2)cc1. The van der Waals surface area contributed by atoms with Crippen molar-refractivity contribution in [2.75, 3.05) is 51.2 Å². The highest BCUT2D eigenvalue weighted by Gasteiger charge is 2.48. The number of piperidine rings is 2. The molecular weight excluding hydrogens is 475 g/mol. The van der Waals surface area contributed by atoms with Gasteiger partial charge in [-0.1, -0.05) is 24.3 Å². The van der Waals surface area contributed by atoms with Crippen molar-refractivity contribution >= 4 is 11.6 Å². The number of carbonyl (C=O) groups excluding carboxylic acids is 1. The van der Waals surface area contributed by atoms with Crippen molar-refractivity contribution in [1.29, 1.82) is 0 Å². The number of carbonyl (C=O) groups is 1. The minimum absolute atomic E-state index is 0.0634. The van der Waals surface area contributed by atoms with Gasteiger partial charge in [0.15, 0.2) is 0 Å². The summed E-state index contributed by atoms with van der Waals surface area (Å²) >= 11 is 0. The number of halogens is 3. The number of rotatable bonds is 7. The van der Waals surface area contributed by atoms with Crippen molar-refractivity contribution in [3.8, 4) is 11.1 Å². The van der Waals surface area contributed by atoms with Gasteiger partial charge in [0.25, 0.3) is 5.91 Å². The molecule has 0 radical (unpaired) electrons. The Morgan fingerprint density at radius 3 is 1.95 bits per heavy atom. The number of alkyl halides is 3. The molecule has 0 unspecified atom stereocenters. The molecule has 4 rings (SSSR count). The lowest BCUT2D eigenvalue weighted by molar-refractivity contribution is -0.217. The van der Waals surface area contributed by atoms with Gasteiger partial charge < -0.3 is 14.7 Å². The summed E-state index contributed by atoms with van der Waals surface area (Å²) in [6, 6.07) is 16.3. The molecule has 0 atom stereocenters. The second-order valence-corrected chi connectivity index (χ2v) is 11.5. The molecular formula is C30H40F3N3O. The van der Waals surface area contributed by atoms with Crippen LogP contribution in [0.1, 0.15) is 56.3 Å². The molecule has 0 bridgehead atoms. The molecule has 2 aliphatic heterocycles. The number of benzene rings is 2. The second kappa shape index (κ2) is 11.5. The first-order valence-corrected chi connectivity index (χ1v) is 13.5. The van der Waals surface area contributed by atoms with E-state index in [4.69, 9.17) is 0 Å². The van der Waals surface area contributed by atoms with Crippen molar-refractivity contribution in [3.05, 3.63) is 54.1 Å². The van der Waals surface area contributed by atoms with Gasteiger partial charge in [-0.15, -0.1) is 0 Å². The molecule has 0 aromatic heterocycles. The van der Waals surface area contributed by atoms with Gasteiger partial charge in [0.1, 0.15) is 0 Å². The Kier molecular flexibility index (Phi) is 8.52. The number of anilines is 1. The second-order valence-electron chi connectivity index (χ2n) is 11.5. The average molecular weight is 516 g/mol. The summed E-state index contributed by atoms with van der Waals surface area (Å²) in [5.41, 5.74) is 2.38. The summed E-state index contributed by atoms with van der Waals surface area (Å²) in [5.74, 6) is 0.595. The summed E-state index contributed by atoms with van der Waals surface area (Å²) in [6.07, 6.45) is 1.03. The third-order valence-corrected chi connectivity index (χ3v) is 8.04. The monoisotopic (exact) mass is 515 g/mol. The smallest absolute Gasteiger partial charge is 0.374 e. The molecule has 2 aliphatic rings. The highest BCUT2D eigenvalue weighted by Crippen LogP contribution is 2.38. The van der Waals surface area contributed by atoms with Crippen LogP contribution in [-0.2, 0) is 0 Å². The summed E-state index contributed by atoms with van der Waals surface area (Å²) in [6.45, 7) is 6.67. The van der Waals surface area contributed by atoms with Crippen LogP contribution < -0.4 is 4.90 Å². The normalized spacial score (nSPS) is 18.2. The molecule has 2 heterocycles. The Labute approximate surface area is 219 Å². The molecule has 0 spiro atoms. The van der Waals surface area contributed by atoms with Crippen molar-refractivity contribution in [2.45, 2.75) is 52.1 Å². The molecule has 0 aliphatic carbocycles. The van der Waals surface area contributed by atoms with Crippen molar-refractivity contribution in [3.63, 3.8) is 0 Å². The predicted octanol–water partition coefficient (Wildman–Crippen LogP) is 6.72. The van der Waals surface area contributed by atoms with Gasteiger partial charge in [-0.3, -0.25) is 4.79 Å². The van der Waals surface area contributed by atoms with Gasteiger partial charge in [-0.2, -0.15) is 13.2 Å². The van der Waals surface area contributed by atoms with Gasteiger partial charge in [0, 0.05) is 44.5 Å². The largest absolute Gasteiger partial charge is 0.395 e. The first-order chi connectivity index (χ1) is 17.5. The Morgan fingerprint density at radius 2 is 1.41 bits per heavy atom. The first-order valence-electron chi connectivity index (χ1n) is 13.5. The molecule has 0 saturated carbocycles. The van der Waals surface area contributed by atoms with E-state index in [0.717, 1.165) is 67.7 Å². The molecule has 4 nitrogen and oxygen atoms in total. The van der Waals surface area contributed by atoms with Gasteiger partial charge in [0.2, 0.25) is 0 Å². The summed E-state index contributed by atoms with van der Waals surface area (Å²) in [4.78, 5) is 18.9. The Hall–Kier alpha value is -2.54. The van der Waals surface area contributed by atoms with E-state index in [-0.39, 0.29) is 12.5 Å². The third-order valence-electron chi connectivity index (χ3n) is 8.04. The van der Waals surface area contributed by atoms with Crippen molar-refractivity contribution < 1.29 is 18.0 Å². The van der Waals surface area contributed by atoms with Gasteiger partial charge in [-0.05, 0) is 100 Å². The highest BCUT2D eigenvalue weighted by molar-refractivity contribution is 5.94. The van der Waals surface area contributed by atoms with Crippen molar-refractivity contribution in [1.82, 2.24) is 9.80 Å². The van der Waals surface area contributed by atoms with Crippen LogP contribution in [0.25, 0.3) is 11.1 Å². The number of hydrogen-bond acceptors (Lipinski definition) is 3. The zero-order valence-electron chi connectivity index (χ0n) is 22.4. The maximum atomic E-state index is 13.2. The van der Waals surface area contributed by atoms with Crippen LogP contribution in [-0.4, -0.2) is 68.2 Å². The fraction of sp³-hybridized carbons (Fsp3) is 0.567. The molecule has 2 fully saturated rings. The molecule has 1 amide bonds. The van der Waals surface area contributed by atoms with Crippen molar-refractivity contribution in [2.24, 2.45) is 11.3 Å². The quantitative estimate of drug-likeness (QED) is 0.410. The molecule has 2 aromatic rings. The van der Waals surface area contributed by atoms with Crippen LogP contribution in [0.2, 0.25) is 0 Å². The summed E-state index contributed by atoms with van der Waals surface area (Å²) in [7, 11) is 2.08. The Morgan fingerprint density at radius 1 is 0.865 bits per heavy atom. The van der Waals surface area contributed by atoms with Crippen LogP contribution in [0.3, 0.4) is 0 Å². The van der Waals surface area contributed by atoms with Gasteiger partial charge >= 0.3 is 6.18 Å². The van der Waals surface area contributed by atoms with E-state index in [1.165, 1.54) is 20.3 Å². The first kappa shape index (κ1) is 27.5. The van der Waals surface area contributed by atoms with E-state index in [1.807, 2.05) is 34.1 Å². The number of hydrogen-bond donors (Lipinski definition) is 0. The number of amides is 1. The van der Waals surface area contributed by atoms with Gasteiger partial charge in [-0.25, -0.2) is 0 Å². The molecule has 202 valence electrons. The predicted molar refractivity (Wildman–Crippen MR) is 144 cm³/mol. The van der Waals surface area contributed by atoms with Crippen LogP contribution >= 0.6 is 0 Å². The molecule has 2 aromatic carbocycles. The number of nitrogens with zero attached hydrogens (tertiary/aromatic N) is 3. The minimum atomic E-state index is -4.18. The van der Waals surface area contributed by atoms with E-state index < -0.39 is 11.6 Å². The van der Waals surface area contributed by atoms with Crippen LogP contribution in [0.15, 0.2) is 48.5 Å². The lowest BCUT2D eigenvalue weighted by atomic mass is 9.89. The van der Waals surface area contributed by atoms with E-state index in [1.54, 1.807) is 0 Å². The average Bonchev–Trinajstić information content (AvgIpc) is 2.89. The topological polar surface area (TPSA) is 26.8 Å². The minimum Gasteiger partial charge on any atom is -0.374 e. The zero-order valence-corrected chi connectivity index (χ0v) is 22.4. The van der Waals surface area contributed by atoms with Crippen LogP contribution in [0, 0.1) is 11.3 Å². The fourth-order valence-electron chi connectivity index (χ4n) is 5.46. The fourth-order valence-corrected chi connectivity index (χ4v) is 5.46.